The number of carbonyl (C=O) groups is 1. The SMILES string of the molecule is CC1OCCC1N(C)C(=O)CCCCCN. The number of unbranched alkanes of at least 4 members (excludes halogenated alkanes) is 2. The van der Waals surface area contributed by atoms with Gasteiger partial charge in [-0.1, -0.05) is 6.42 Å². The number of ether oxygens (including phenoxy) is 1. The quantitative estimate of drug-likeness (QED) is 0.694. The molecule has 1 rings (SSSR count). The number of carbonyl (C=O) groups excluding carboxylic acids is 1. The van der Waals surface area contributed by atoms with Gasteiger partial charge in [0.1, 0.15) is 0 Å². The summed E-state index contributed by atoms with van der Waals surface area (Å²) in [7, 11) is 1.89. The second-order valence-electron chi connectivity index (χ2n) is 4.54. The highest BCUT2D eigenvalue weighted by molar-refractivity contribution is 5.76. The van der Waals surface area contributed by atoms with Gasteiger partial charge in [-0.15, -0.1) is 0 Å². The Balaban J connectivity index is 2.24. The van der Waals surface area contributed by atoms with Gasteiger partial charge in [0.15, 0.2) is 0 Å². The lowest BCUT2D eigenvalue weighted by Gasteiger charge is -2.26. The fourth-order valence-electron chi connectivity index (χ4n) is 2.19. The van der Waals surface area contributed by atoms with Crippen LogP contribution in [0.25, 0.3) is 0 Å². The van der Waals surface area contributed by atoms with Crippen molar-refractivity contribution in [2.75, 3.05) is 20.2 Å². The molecule has 0 aromatic rings. The first-order valence-electron chi connectivity index (χ1n) is 6.24. The number of nitrogens with zero attached hydrogens (tertiary/aromatic N) is 1. The van der Waals surface area contributed by atoms with Gasteiger partial charge in [-0.05, 0) is 32.7 Å². The molecule has 0 saturated carbocycles. The number of rotatable bonds is 6. The first-order chi connectivity index (χ1) is 7.66. The summed E-state index contributed by atoms with van der Waals surface area (Å²) in [5.74, 6) is 0.236. The zero-order valence-electron chi connectivity index (χ0n) is 10.4. The summed E-state index contributed by atoms with van der Waals surface area (Å²) in [5.41, 5.74) is 5.41. The van der Waals surface area contributed by atoms with Gasteiger partial charge < -0.3 is 15.4 Å². The molecule has 94 valence electrons. The summed E-state index contributed by atoms with van der Waals surface area (Å²) in [6.45, 7) is 3.53. The normalized spacial score (nSPS) is 24.7. The molecule has 1 heterocycles. The van der Waals surface area contributed by atoms with Gasteiger partial charge >= 0.3 is 0 Å². The van der Waals surface area contributed by atoms with E-state index in [4.69, 9.17) is 10.5 Å². The van der Waals surface area contributed by atoms with Crippen LogP contribution in [0.1, 0.15) is 39.0 Å². The summed E-state index contributed by atoms with van der Waals surface area (Å²) in [5, 5.41) is 0. The molecule has 2 unspecified atom stereocenters. The van der Waals surface area contributed by atoms with Crippen molar-refractivity contribution in [2.24, 2.45) is 5.73 Å². The van der Waals surface area contributed by atoms with Crippen molar-refractivity contribution in [2.45, 2.75) is 51.2 Å². The van der Waals surface area contributed by atoms with Crippen molar-refractivity contribution in [3.63, 3.8) is 0 Å². The van der Waals surface area contributed by atoms with E-state index < -0.39 is 0 Å². The van der Waals surface area contributed by atoms with Crippen LogP contribution in [-0.2, 0) is 9.53 Å². The number of amides is 1. The average molecular weight is 228 g/mol. The Labute approximate surface area is 98.1 Å². The monoisotopic (exact) mass is 228 g/mol. The second-order valence-corrected chi connectivity index (χ2v) is 4.54. The smallest absolute Gasteiger partial charge is 0.222 e. The Hall–Kier alpha value is -0.610. The van der Waals surface area contributed by atoms with E-state index >= 15 is 0 Å². The second kappa shape index (κ2) is 6.86. The van der Waals surface area contributed by atoms with E-state index in [-0.39, 0.29) is 18.1 Å². The molecule has 1 saturated heterocycles. The van der Waals surface area contributed by atoms with Gasteiger partial charge in [0.25, 0.3) is 0 Å². The van der Waals surface area contributed by atoms with E-state index in [1.807, 2.05) is 18.9 Å². The van der Waals surface area contributed by atoms with E-state index in [2.05, 4.69) is 0 Å². The molecule has 1 aliphatic heterocycles. The van der Waals surface area contributed by atoms with Crippen LogP contribution < -0.4 is 5.73 Å². The lowest BCUT2D eigenvalue weighted by Crippen LogP contribution is -2.40. The third-order valence-electron chi connectivity index (χ3n) is 3.32. The Kier molecular flexibility index (Phi) is 5.77. The molecule has 16 heavy (non-hydrogen) atoms. The molecular weight excluding hydrogens is 204 g/mol. The Morgan fingerprint density at radius 2 is 2.19 bits per heavy atom. The van der Waals surface area contributed by atoms with Crippen molar-refractivity contribution in [3.05, 3.63) is 0 Å². The van der Waals surface area contributed by atoms with Gasteiger partial charge in [-0.2, -0.15) is 0 Å². The first kappa shape index (κ1) is 13.5. The molecule has 1 aliphatic rings. The minimum Gasteiger partial charge on any atom is -0.376 e. The molecule has 4 nitrogen and oxygen atoms in total. The maximum atomic E-state index is 11.9. The van der Waals surface area contributed by atoms with E-state index in [9.17, 15) is 4.79 Å². The fraction of sp³-hybridized carbons (Fsp3) is 0.917. The van der Waals surface area contributed by atoms with E-state index in [0.717, 1.165) is 38.8 Å². The van der Waals surface area contributed by atoms with Crippen LogP contribution in [0.3, 0.4) is 0 Å². The van der Waals surface area contributed by atoms with E-state index in [1.54, 1.807) is 0 Å². The number of nitrogens with two attached hydrogens (primary N) is 1. The molecule has 1 amide bonds. The third kappa shape index (κ3) is 3.76. The fourth-order valence-corrected chi connectivity index (χ4v) is 2.19. The molecule has 4 heteroatoms. The van der Waals surface area contributed by atoms with Crippen molar-refractivity contribution >= 4 is 5.91 Å². The molecule has 0 spiro atoms. The van der Waals surface area contributed by atoms with Crippen LogP contribution >= 0.6 is 0 Å². The van der Waals surface area contributed by atoms with Gasteiger partial charge in [0, 0.05) is 20.1 Å². The van der Waals surface area contributed by atoms with Crippen LogP contribution in [0, 0.1) is 0 Å². The maximum Gasteiger partial charge on any atom is 0.222 e. The number of hydrogen-bond donors (Lipinski definition) is 1. The van der Waals surface area contributed by atoms with Crippen LogP contribution in [0.5, 0.6) is 0 Å². The lowest BCUT2D eigenvalue weighted by molar-refractivity contribution is -0.133. The maximum absolute atomic E-state index is 11.9. The topological polar surface area (TPSA) is 55.6 Å². The largest absolute Gasteiger partial charge is 0.376 e. The van der Waals surface area contributed by atoms with Gasteiger partial charge in [-0.3, -0.25) is 4.79 Å². The summed E-state index contributed by atoms with van der Waals surface area (Å²) in [4.78, 5) is 13.7. The van der Waals surface area contributed by atoms with Crippen molar-refractivity contribution < 1.29 is 9.53 Å². The lowest BCUT2D eigenvalue weighted by atomic mass is 10.1. The highest BCUT2D eigenvalue weighted by atomic mass is 16.5. The van der Waals surface area contributed by atoms with Gasteiger partial charge in [0.05, 0.1) is 12.1 Å². The molecular formula is C12H24N2O2. The molecule has 0 aromatic heterocycles. The Bertz CT molecular complexity index is 221. The van der Waals surface area contributed by atoms with E-state index in [1.165, 1.54) is 0 Å². The third-order valence-corrected chi connectivity index (χ3v) is 3.32. The number of hydrogen-bond acceptors (Lipinski definition) is 3. The highest BCUT2D eigenvalue weighted by Gasteiger charge is 2.29. The van der Waals surface area contributed by atoms with Crippen LogP contribution in [0.4, 0.5) is 0 Å². The summed E-state index contributed by atoms with van der Waals surface area (Å²) in [6.07, 6.45) is 4.79. The van der Waals surface area contributed by atoms with Crippen LogP contribution in [0.15, 0.2) is 0 Å². The van der Waals surface area contributed by atoms with Crippen LogP contribution in [0.2, 0.25) is 0 Å². The van der Waals surface area contributed by atoms with Crippen molar-refractivity contribution in [3.8, 4) is 0 Å². The summed E-state index contributed by atoms with van der Waals surface area (Å²) < 4.78 is 5.47. The predicted molar refractivity (Wildman–Crippen MR) is 64.1 cm³/mol. The summed E-state index contributed by atoms with van der Waals surface area (Å²) in [6, 6.07) is 0.266. The standard InChI is InChI=1S/C12H24N2O2/c1-10-11(7-9-16-10)14(2)12(15)6-4-3-5-8-13/h10-11H,3-9,13H2,1-2H3. The molecule has 0 radical (unpaired) electrons. The average Bonchev–Trinajstić information content (AvgIpc) is 2.69. The zero-order chi connectivity index (χ0) is 12.0. The molecule has 1 fully saturated rings. The number of likely N-dealkylation sites (N-methyl/N-ethyl adjacent to an activating group) is 1. The minimum absolute atomic E-state index is 0.179. The van der Waals surface area contributed by atoms with Crippen LogP contribution in [-0.4, -0.2) is 43.2 Å². The molecule has 0 bridgehead atoms. The Morgan fingerprint density at radius 3 is 2.75 bits per heavy atom. The first-order valence-corrected chi connectivity index (χ1v) is 6.24. The zero-order valence-corrected chi connectivity index (χ0v) is 10.4. The molecule has 2 atom stereocenters. The minimum atomic E-state index is 0.179. The molecule has 0 aromatic carbocycles. The van der Waals surface area contributed by atoms with Crippen molar-refractivity contribution in [1.29, 1.82) is 0 Å². The molecule has 0 aliphatic carbocycles. The molecule has 2 N–H and O–H groups in total. The van der Waals surface area contributed by atoms with Crippen molar-refractivity contribution in [1.82, 2.24) is 4.90 Å². The van der Waals surface area contributed by atoms with E-state index in [0.29, 0.717) is 6.42 Å². The predicted octanol–water partition coefficient (Wildman–Crippen LogP) is 1.14. The summed E-state index contributed by atoms with van der Waals surface area (Å²) >= 11 is 0. The van der Waals surface area contributed by atoms with Gasteiger partial charge in [0.2, 0.25) is 5.91 Å². The highest BCUT2D eigenvalue weighted by Crippen LogP contribution is 2.19. The Morgan fingerprint density at radius 1 is 1.44 bits per heavy atom. The van der Waals surface area contributed by atoms with Gasteiger partial charge in [-0.25, -0.2) is 0 Å².